The standard InChI is InChI=1S/C17H26N2OS/c1-12(2)19(13(3)4)10-9-18-17(20)16-11-14-7-5-6-8-15(14)21-16/h5-8,12-13,16H,9-11H2,1-4H3,(H,18,20)/t16-/m1/s1. The second-order valence-electron chi connectivity index (χ2n) is 6.13. The van der Waals surface area contributed by atoms with Crippen LogP contribution in [0.25, 0.3) is 0 Å². The smallest absolute Gasteiger partial charge is 0.233 e. The molecule has 0 radical (unpaired) electrons. The monoisotopic (exact) mass is 306 g/mol. The van der Waals surface area contributed by atoms with E-state index in [1.807, 2.05) is 12.1 Å². The van der Waals surface area contributed by atoms with Crippen LogP contribution >= 0.6 is 11.8 Å². The van der Waals surface area contributed by atoms with Crippen LogP contribution in [0.1, 0.15) is 33.3 Å². The van der Waals surface area contributed by atoms with Crippen LogP contribution in [0.2, 0.25) is 0 Å². The number of carbonyl (C=O) groups is 1. The van der Waals surface area contributed by atoms with E-state index in [1.165, 1.54) is 10.5 Å². The van der Waals surface area contributed by atoms with Crippen LogP contribution in [0.4, 0.5) is 0 Å². The molecule has 0 unspecified atom stereocenters. The Labute approximate surface area is 132 Å². The highest BCUT2D eigenvalue weighted by Gasteiger charge is 2.27. The van der Waals surface area contributed by atoms with Crippen molar-refractivity contribution in [1.82, 2.24) is 10.2 Å². The molecule has 1 aromatic carbocycles. The Morgan fingerprint density at radius 3 is 2.57 bits per heavy atom. The number of benzene rings is 1. The Kier molecular flexibility index (Phi) is 5.71. The van der Waals surface area contributed by atoms with Crippen LogP contribution in [0, 0.1) is 0 Å². The summed E-state index contributed by atoms with van der Waals surface area (Å²) in [4.78, 5) is 15.9. The largest absolute Gasteiger partial charge is 0.354 e. The Morgan fingerprint density at radius 1 is 1.29 bits per heavy atom. The Balaban J connectivity index is 1.79. The maximum Gasteiger partial charge on any atom is 0.233 e. The summed E-state index contributed by atoms with van der Waals surface area (Å²) >= 11 is 1.69. The minimum Gasteiger partial charge on any atom is -0.354 e. The van der Waals surface area contributed by atoms with Crippen molar-refractivity contribution in [2.75, 3.05) is 13.1 Å². The lowest BCUT2D eigenvalue weighted by atomic mass is 10.1. The van der Waals surface area contributed by atoms with Gasteiger partial charge < -0.3 is 5.32 Å². The van der Waals surface area contributed by atoms with Gasteiger partial charge in [0.2, 0.25) is 5.91 Å². The average molecular weight is 306 g/mol. The molecule has 0 aromatic heterocycles. The van der Waals surface area contributed by atoms with Crippen molar-refractivity contribution in [2.24, 2.45) is 0 Å². The summed E-state index contributed by atoms with van der Waals surface area (Å²) in [6, 6.07) is 9.32. The van der Waals surface area contributed by atoms with Crippen molar-refractivity contribution < 1.29 is 4.79 Å². The highest BCUT2D eigenvalue weighted by atomic mass is 32.2. The lowest BCUT2D eigenvalue weighted by Gasteiger charge is -2.30. The van der Waals surface area contributed by atoms with E-state index in [4.69, 9.17) is 0 Å². The first kappa shape index (κ1) is 16.4. The van der Waals surface area contributed by atoms with Gasteiger partial charge in [-0.1, -0.05) is 18.2 Å². The topological polar surface area (TPSA) is 32.3 Å². The molecule has 4 heteroatoms. The molecule has 1 aromatic rings. The summed E-state index contributed by atoms with van der Waals surface area (Å²) in [7, 11) is 0. The van der Waals surface area contributed by atoms with Gasteiger partial charge in [-0.05, 0) is 45.7 Å². The van der Waals surface area contributed by atoms with Crippen molar-refractivity contribution in [1.29, 1.82) is 0 Å². The van der Waals surface area contributed by atoms with Gasteiger partial charge in [0.1, 0.15) is 0 Å². The van der Waals surface area contributed by atoms with E-state index in [-0.39, 0.29) is 11.2 Å². The molecule has 0 fully saturated rings. The summed E-state index contributed by atoms with van der Waals surface area (Å²) in [6.45, 7) is 10.4. The molecule has 1 N–H and O–H groups in total. The number of amides is 1. The third kappa shape index (κ3) is 4.24. The van der Waals surface area contributed by atoms with Gasteiger partial charge in [0.25, 0.3) is 0 Å². The molecule has 1 aliphatic heterocycles. The van der Waals surface area contributed by atoms with Crippen molar-refractivity contribution in [3.05, 3.63) is 29.8 Å². The Morgan fingerprint density at radius 2 is 1.95 bits per heavy atom. The van der Waals surface area contributed by atoms with Gasteiger partial charge in [-0.3, -0.25) is 9.69 Å². The van der Waals surface area contributed by atoms with E-state index in [2.05, 4.69) is 50.0 Å². The Bertz CT molecular complexity index is 454. The highest BCUT2D eigenvalue weighted by molar-refractivity contribution is 8.01. The molecule has 21 heavy (non-hydrogen) atoms. The average Bonchev–Trinajstić information content (AvgIpc) is 2.86. The lowest BCUT2D eigenvalue weighted by Crippen LogP contribution is -2.43. The van der Waals surface area contributed by atoms with Crippen molar-refractivity contribution in [2.45, 2.75) is 56.3 Å². The zero-order valence-corrected chi connectivity index (χ0v) is 14.2. The van der Waals surface area contributed by atoms with E-state index in [9.17, 15) is 4.79 Å². The molecule has 2 rings (SSSR count). The van der Waals surface area contributed by atoms with Crippen molar-refractivity contribution in [3.8, 4) is 0 Å². The van der Waals surface area contributed by atoms with Crippen LogP contribution in [0.15, 0.2) is 29.2 Å². The normalized spacial score (nSPS) is 17.6. The molecule has 116 valence electrons. The first-order chi connectivity index (χ1) is 9.99. The fraction of sp³-hybridized carbons (Fsp3) is 0.588. The molecule has 0 bridgehead atoms. The number of hydrogen-bond donors (Lipinski definition) is 1. The van der Waals surface area contributed by atoms with Crippen molar-refractivity contribution in [3.63, 3.8) is 0 Å². The zero-order chi connectivity index (χ0) is 15.4. The number of thioether (sulfide) groups is 1. The molecule has 1 heterocycles. The third-order valence-electron chi connectivity index (χ3n) is 3.94. The molecule has 1 aliphatic rings. The lowest BCUT2D eigenvalue weighted by molar-refractivity contribution is -0.120. The van der Waals surface area contributed by atoms with E-state index in [1.54, 1.807) is 11.8 Å². The number of carbonyl (C=O) groups excluding carboxylic acids is 1. The van der Waals surface area contributed by atoms with E-state index >= 15 is 0 Å². The molecular weight excluding hydrogens is 280 g/mol. The second-order valence-corrected chi connectivity index (χ2v) is 7.38. The molecular formula is C17H26N2OS. The van der Waals surface area contributed by atoms with Crippen LogP contribution < -0.4 is 5.32 Å². The van der Waals surface area contributed by atoms with Gasteiger partial charge in [-0.2, -0.15) is 0 Å². The number of hydrogen-bond acceptors (Lipinski definition) is 3. The summed E-state index contributed by atoms with van der Waals surface area (Å²) in [6.07, 6.45) is 0.852. The van der Waals surface area contributed by atoms with Crippen LogP contribution in [0.5, 0.6) is 0 Å². The van der Waals surface area contributed by atoms with Gasteiger partial charge in [0.15, 0.2) is 0 Å². The summed E-state index contributed by atoms with van der Waals surface area (Å²) in [5, 5.41) is 3.13. The number of nitrogens with zero attached hydrogens (tertiary/aromatic N) is 1. The maximum atomic E-state index is 12.3. The van der Waals surface area contributed by atoms with Gasteiger partial charge in [-0.15, -0.1) is 11.8 Å². The van der Waals surface area contributed by atoms with E-state index < -0.39 is 0 Å². The molecule has 0 aliphatic carbocycles. The molecule has 3 nitrogen and oxygen atoms in total. The van der Waals surface area contributed by atoms with Gasteiger partial charge in [-0.25, -0.2) is 0 Å². The van der Waals surface area contributed by atoms with Gasteiger partial charge in [0.05, 0.1) is 5.25 Å². The van der Waals surface area contributed by atoms with Crippen LogP contribution in [0.3, 0.4) is 0 Å². The zero-order valence-electron chi connectivity index (χ0n) is 13.4. The van der Waals surface area contributed by atoms with Crippen LogP contribution in [-0.4, -0.2) is 41.2 Å². The molecule has 0 saturated carbocycles. The third-order valence-corrected chi connectivity index (χ3v) is 5.25. The number of nitrogens with one attached hydrogen (secondary N) is 1. The maximum absolute atomic E-state index is 12.3. The fourth-order valence-electron chi connectivity index (χ4n) is 2.86. The highest BCUT2D eigenvalue weighted by Crippen LogP contribution is 2.36. The summed E-state index contributed by atoms with van der Waals surface area (Å²) in [5.41, 5.74) is 1.30. The number of fused-ring (bicyclic) bond motifs is 1. The molecule has 1 amide bonds. The predicted molar refractivity (Wildman–Crippen MR) is 89.8 cm³/mol. The number of rotatable bonds is 6. The summed E-state index contributed by atoms with van der Waals surface area (Å²) in [5.74, 6) is 0.170. The molecule has 0 saturated heterocycles. The Hall–Kier alpha value is -1.00. The molecule has 0 spiro atoms. The predicted octanol–water partition coefficient (Wildman–Crippen LogP) is 2.94. The SMILES string of the molecule is CC(C)N(CCNC(=O)[C@H]1Cc2ccccc2S1)C(C)C. The van der Waals surface area contributed by atoms with Crippen LogP contribution in [-0.2, 0) is 11.2 Å². The molecule has 1 atom stereocenters. The second kappa shape index (κ2) is 7.32. The first-order valence-electron chi connectivity index (χ1n) is 7.77. The minimum atomic E-state index is 0.0361. The fourth-order valence-corrected chi connectivity index (χ4v) is 4.08. The van der Waals surface area contributed by atoms with Gasteiger partial charge in [0, 0.05) is 30.1 Å². The van der Waals surface area contributed by atoms with Crippen molar-refractivity contribution >= 4 is 17.7 Å². The quantitative estimate of drug-likeness (QED) is 0.877. The summed E-state index contributed by atoms with van der Waals surface area (Å²) < 4.78 is 0. The first-order valence-corrected chi connectivity index (χ1v) is 8.65. The van der Waals surface area contributed by atoms with E-state index in [0.29, 0.717) is 12.1 Å². The van der Waals surface area contributed by atoms with E-state index in [0.717, 1.165) is 19.5 Å². The van der Waals surface area contributed by atoms with Gasteiger partial charge >= 0.3 is 0 Å². The minimum absolute atomic E-state index is 0.0361.